The zero-order valence-electron chi connectivity index (χ0n) is 14.0. The second-order valence-electron chi connectivity index (χ2n) is 4.99. The molecule has 0 unspecified atom stereocenters. The Labute approximate surface area is 153 Å². The van der Waals surface area contributed by atoms with Crippen LogP contribution in [0.2, 0.25) is 5.02 Å². The summed E-state index contributed by atoms with van der Waals surface area (Å²) in [7, 11) is 1.32. The fourth-order valence-corrected chi connectivity index (χ4v) is 2.39. The van der Waals surface area contributed by atoms with Crippen LogP contribution in [0.25, 0.3) is 0 Å². The lowest BCUT2D eigenvalue weighted by Gasteiger charge is -2.12. The molecule has 7 nitrogen and oxygen atoms in total. The van der Waals surface area contributed by atoms with Gasteiger partial charge in [-0.05, 0) is 19.1 Å². The molecule has 0 spiro atoms. The van der Waals surface area contributed by atoms with Gasteiger partial charge in [-0.25, -0.2) is 9.18 Å². The number of nitro groups is 1. The summed E-state index contributed by atoms with van der Waals surface area (Å²) in [4.78, 5) is 22.9. The molecule has 0 aliphatic rings. The lowest BCUT2D eigenvalue weighted by atomic mass is 10.1. The number of methoxy groups -OCH3 is 1. The van der Waals surface area contributed by atoms with Crippen LogP contribution in [0.1, 0.15) is 22.8 Å². The monoisotopic (exact) mass is 383 g/mol. The molecule has 2 aromatic rings. The smallest absolute Gasteiger partial charge is 0.345 e. The third kappa shape index (κ3) is 4.20. The average molecular weight is 384 g/mol. The van der Waals surface area contributed by atoms with E-state index in [9.17, 15) is 19.3 Å². The fourth-order valence-electron chi connectivity index (χ4n) is 2.18. The standard InChI is InChI=1S/C17H15ClFNO6/c1-3-25-16-7-10(14(20(22)23)8-15(16)24-2)17(21)26-9-11-12(18)5-4-6-13(11)19/h4-8H,3,9H2,1-2H3. The molecule has 2 rings (SSSR count). The van der Waals surface area contributed by atoms with Gasteiger partial charge in [0.15, 0.2) is 11.5 Å². The first kappa shape index (κ1) is 19.5. The molecule has 26 heavy (non-hydrogen) atoms. The summed E-state index contributed by atoms with van der Waals surface area (Å²) in [5.41, 5.74) is -0.884. The highest BCUT2D eigenvalue weighted by molar-refractivity contribution is 6.31. The molecular formula is C17H15ClFNO6. The maximum Gasteiger partial charge on any atom is 0.345 e. The van der Waals surface area contributed by atoms with Gasteiger partial charge in [0.2, 0.25) is 0 Å². The summed E-state index contributed by atoms with van der Waals surface area (Å²) in [6.45, 7) is 1.49. The quantitative estimate of drug-likeness (QED) is 0.405. The lowest BCUT2D eigenvalue weighted by molar-refractivity contribution is -0.385. The van der Waals surface area contributed by atoms with Gasteiger partial charge in [-0.1, -0.05) is 17.7 Å². The number of carbonyl (C=O) groups is 1. The molecule has 0 atom stereocenters. The molecule has 0 N–H and O–H groups in total. The predicted octanol–water partition coefficient (Wildman–Crippen LogP) is 4.15. The zero-order chi connectivity index (χ0) is 19.3. The van der Waals surface area contributed by atoms with Gasteiger partial charge in [0.05, 0.1) is 29.7 Å². The maximum absolute atomic E-state index is 13.8. The van der Waals surface area contributed by atoms with Crippen molar-refractivity contribution in [3.63, 3.8) is 0 Å². The normalized spacial score (nSPS) is 10.3. The third-order valence-corrected chi connectivity index (χ3v) is 3.76. The average Bonchev–Trinajstić information content (AvgIpc) is 2.60. The lowest BCUT2D eigenvalue weighted by Crippen LogP contribution is -2.10. The van der Waals surface area contributed by atoms with E-state index in [2.05, 4.69) is 0 Å². The van der Waals surface area contributed by atoms with Gasteiger partial charge in [-0.3, -0.25) is 10.1 Å². The molecule has 0 radical (unpaired) electrons. The van der Waals surface area contributed by atoms with Gasteiger partial charge in [-0.15, -0.1) is 0 Å². The predicted molar refractivity (Wildman–Crippen MR) is 91.3 cm³/mol. The van der Waals surface area contributed by atoms with Gasteiger partial charge >= 0.3 is 5.97 Å². The molecule has 0 saturated heterocycles. The van der Waals surface area contributed by atoms with Crippen LogP contribution >= 0.6 is 11.6 Å². The largest absolute Gasteiger partial charge is 0.493 e. The Balaban J connectivity index is 2.34. The van der Waals surface area contributed by atoms with E-state index in [1.807, 2.05) is 0 Å². The van der Waals surface area contributed by atoms with Gasteiger partial charge in [-0.2, -0.15) is 0 Å². The number of hydrogen-bond acceptors (Lipinski definition) is 6. The van der Waals surface area contributed by atoms with Crippen LogP contribution < -0.4 is 9.47 Å². The Morgan fingerprint density at radius 3 is 2.62 bits per heavy atom. The Kier molecular flexibility index (Phi) is 6.35. The van der Waals surface area contributed by atoms with Gasteiger partial charge in [0, 0.05) is 11.6 Å². The molecule has 0 saturated carbocycles. The Hall–Kier alpha value is -2.87. The minimum absolute atomic E-state index is 0.0243. The third-order valence-electron chi connectivity index (χ3n) is 3.41. The fraction of sp³-hybridized carbons (Fsp3) is 0.235. The molecule has 0 amide bonds. The van der Waals surface area contributed by atoms with Crippen molar-refractivity contribution < 1.29 is 28.3 Å². The molecule has 0 aromatic heterocycles. The van der Waals surface area contributed by atoms with Crippen molar-refractivity contribution in [2.24, 2.45) is 0 Å². The van der Waals surface area contributed by atoms with E-state index in [0.29, 0.717) is 0 Å². The summed E-state index contributed by atoms with van der Waals surface area (Å²) >= 11 is 5.87. The highest BCUT2D eigenvalue weighted by Gasteiger charge is 2.26. The van der Waals surface area contributed by atoms with Crippen LogP contribution in [0.3, 0.4) is 0 Å². The number of halogens is 2. The molecule has 9 heteroatoms. The molecule has 0 bridgehead atoms. The molecule has 2 aromatic carbocycles. The van der Waals surface area contributed by atoms with Crippen molar-refractivity contribution in [1.29, 1.82) is 0 Å². The number of hydrogen-bond donors (Lipinski definition) is 0. The van der Waals surface area contributed by atoms with Crippen molar-refractivity contribution in [1.82, 2.24) is 0 Å². The number of carbonyl (C=O) groups excluding carboxylic acids is 1. The van der Waals surface area contributed by atoms with Crippen LogP contribution in [0.5, 0.6) is 11.5 Å². The van der Waals surface area contributed by atoms with Crippen LogP contribution in [-0.4, -0.2) is 24.6 Å². The Morgan fingerprint density at radius 1 is 1.31 bits per heavy atom. The van der Waals surface area contributed by atoms with E-state index >= 15 is 0 Å². The first-order valence-electron chi connectivity index (χ1n) is 7.48. The minimum atomic E-state index is -1.01. The molecular weight excluding hydrogens is 369 g/mol. The number of ether oxygens (including phenoxy) is 3. The summed E-state index contributed by atoms with van der Waals surface area (Å²) in [5.74, 6) is -1.41. The van der Waals surface area contributed by atoms with E-state index in [1.54, 1.807) is 6.92 Å². The topological polar surface area (TPSA) is 87.9 Å². The molecule has 0 fully saturated rings. The molecule has 138 valence electrons. The minimum Gasteiger partial charge on any atom is -0.493 e. The summed E-state index contributed by atoms with van der Waals surface area (Å²) in [6.07, 6.45) is 0. The molecule has 0 heterocycles. The maximum atomic E-state index is 13.8. The van der Waals surface area contributed by atoms with Crippen LogP contribution in [0, 0.1) is 15.9 Å². The number of esters is 1. The number of nitrogens with zero attached hydrogens (tertiary/aromatic N) is 1. The summed E-state index contributed by atoms with van der Waals surface area (Å²) < 4.78 is 29.1. The first-order valence-corrected chi connectivity index (χ1v) is 7.86. The van der Waals surface area contributed by atoms with Gasteiger partial charge in [0.25, 0.3) is 5.69 Å². The van der Waals surface area contributed by atoms with Crippen molar-refractivity contribution in [3.8, 4) is 11.5 Å². The highest BCUT2D eigenvalue weighted by atomic mass is 35.5. The van der Waals surface area contributed by atoms with Crippen molar-refractivity contribution >= 4 is 23.3 Å². The number of benzene rings is 2. The highest BCUT2D eigenvalue weighted by Crippen LogP contribution is 2.35. The first-order chi connectivity index (χ1) is 12.4. The number of nitro benzene ring substituents is 1. The van der Waals surface area contributed by atoms with Crippen molar-refractivity contribution in [2.45, 2.75) is 13.5 Å². The van der Waals surface area contributed by atoms with E-state index < -0.39 is 29.0 Å². The van der Waals surface area contributed by atoms with Crippen LogP contribution in [-0.2, 0) is 11.3 Å². The second kappa shape index (κ2) is 8.48. The van der Waals surface area contributed by atoms with Gasteiger partial charge < -0.3 is 14.2 Å². The Bertz CT molecular complexity index is 822. The zero-order valence-corrected chi connectivity index (χ0v) is 14.7. The molecule has 0 aliphatic heterocycles. The van der Waals surface area contributed by atoms with Crippen LogP contribution in [0.15, 0.2) is 30.3 Å². The van der Waals surface area contributed by atoms with E-state index in [-0.39, 0.29) is 34.3 Å². The van der Waals surface area contributed by atoms with Crippen molar-refractivity contribution in [3.05, 3.63) is 62.4 Å². The van der Waals surface area contributed by atoms with Gasteiger partial charge in [0.1, 0.15) is 18.0 Å². The van der Waals surface area contributed by atoms with E-state index in [4.69, 9.17) is 25.8 Å². The SMILES string of the molecule is CCOc1cc(C(=O)OCc2c(F)cccc2Cl)c([N+](=O)[O-])cc1OC. The van der Waals surface area contributed by atoms with E-state index in [0.717, 1.165) is 18.2 Å². The number of rotatable bonds is 7. The molecule has 0 aliphatic carbocycles. The summed E-state index contributed by atoms with van der Waals surface area (Å²) in [5, 5.41) is 11.3. The van der Waals surface area contributed by atoms with E-state index in [1.165, 1.54) is 19.2 Å². The van der Waals surface area contributed by atoms with Crippen LogP contribution in [0.4, 0.5) is 10.1 Å². The second-order valence-corrected chi connectivity index (χ2v) is 5.39. The Morgan fingerprint density at radius 2 is 2.04 bits per heavy atom. The summed E-state index contributed by atoms with van der Waals surface area (Å²) in [6, 6.07) is 6.24. The van der Waals surface area contributed by atoms with Crippen molar-refractivity contribution in [2.75, 3.05) is 13.7 Å².